The minimum Gasteiger partial charge on any atom is -0.496 e. The second-order valence-corrected chi connectivity index (χ2v) is 5.04. The number of rotatable bonds is 5. The van der Waals surface area contributed by atoms with Gasteiger partial charge >= 0.3 is 5.97 Å². The number of methoxy groups -OCH3 is 1. The van der Waals surface area contributed by atoms with Crippen molar-refractivity contribution in [3.63, 3.8) is 0 Å². The standard InChI is InChI=1S/C16H19NO4/c1-21-14-8-7-11(9-13(14)16(19)20)10-17-15(18)12-5-3-2-4-6-12/h2-3,7-9,12H,4-6,10H2,1H3,(H,17,18)(H,19,20)/t12-/m0/s1. The fourth-order valence-electron chi connectivity index (χ4n) is 2.40. The molecule has 1 atom stereocenters. The van der Waals surface area contributed by atoms with E-state index in [0.717, 1.165) is 24.8 Å². The summed E-state index contributed by atoms with van der Waals surface area (Å²) in [6, 6.07) is 4.89. The topological polar surface area (TPSA) is 75.6 Å². The first-order chi connectivity index (χ1) is 10.1. The molecule has 5 heteroatoms. The number of ether oxygens (including phenoxy) is 1. The average Bonchev–Trinajstić information content (AvgIpc) is 2.53. The van der Waals surface area contributed by atoms with Gasteiger partial charge in [0.05, 0.1) is 7.11 Å². The Hall–Kier alpha value is -2.30. The first kappa shape index (κ1) is 15.1. The Morgan fingerprint density at radius 2 is 2.19 bits per heavy atom. The maximum Gasteiger partial charge on any atom is 0.339 e. The minimum absolute atomic E-state index is 0.0204. The highest BCUT2D eigenvalue weighted by atomic mass is 16.5. The third-order valence-corrected chi connectivity index (χ3v) is 3.60. The van der Waals surface area contributed by atoms with E-state index in [4.69, 9.17) is 9.84 Å². The van der Waals surface area contributed by atoms with Gasteiger partial charge in [0.15, 0.2) is 0 Å². The van der Waals surface area contributed by atoms with Crippen LogP contribution >= 0.6 is 0 Å². The zero-order chi connectivity index (χ0) is 15.2. The molecule has 0 aliphatic heterocycles. The molecule has 0 saturated heterocycles. The van der Waals surface area contributed by atoms with E-state index in [0.29, 0.717) is 12.3 Å². The Labute approximate surface area is 123 Å². The zero-order valence-corrected chi connectivity index (χ0v) is 12.0. The van der Waals surface area contributed by atoms with E-state index in [-0.39, 0.29) is 17.4 Å². The van der Waals surface area contributed by atoms with Gasteiger partial charge in [0.2, 0.25) is 5.91 Å². The number of carboxylic acids is 1. The Morgan fingerprint density at radius 3 is 2.81 bits per heavy atom. The number of carbonyl (C=O) groups excluding carboxylic acids is 1. The lowest BCUT2D eigenvalue weighted by atomic mass is 9.93. The van der Waals surface area contributed by atoms with Gasteiger partial charge in [0, 0.05) is 12.5 Å². The quantitative estimate of drug-likeness (QED) is 0.816. The number of aromatic carboxylic acids is 1. The van der Waals surface area contributed by atoms with Crippen molar-refractivity contribution in [2.45, 2.75) is 25.8 Å². The molecule has 0 aromatic heterocycles. The van der Waals surface area contributed by atoms with Gasteiger partial charge < -0.3 is 15.2 Å². The van der Waals surface area contributed by atoms with Gasteiger partial charge in [-0.1, -0.05) is 18.2 Å². The molecule has 1 aliphatic rings. The molecule has 112 valence electrons. The van der Waals surface area contributed by atoms with Crippen molar-refractivity contribution >= 4 is 11.9 Å². The van der Waals surface area contributed by atoms with Crippen LogP contribution in [0.15, 0.2) is 30.4 Å². The van der Waals surface area contributed by atoms with Crippen molar-refractivity contribution < 1.29 is 19.4 Å². The van der Waals surface area contributed by atoms with Gasteiger partial charge in [0.1, 0.15) is 11.3 Å². The number of allylic oxidation sites excluding steroid dienone is 2. The van der Waals surface area contributed by atoms with Crippen LogP contribution in [0.4, 0.5) is 0 Å². The lowest BCUT2D eigenvalue weighted by molar-refractivity contribution is -0.125. The summed E-state index contributed by atoms with van der Waals surface area (Å²) >= 11 is 0. The van der Waals surface area contributed by atoms with E-state index in [1.165, 1.54) is 13.2 Å². The zero-order valence-electron chi connectivity index (χ0n) is 12.0. The van der Waals surface area contributed by atoms with Gasteiger partial charge in [-0.05, 0) is 37.0 Å². The molecule has 0 unspecified atom stereocenters. The second kappa shape index (κ2) is 6.92. The van der Waals surface area contributed by atoms with Crippen molar-refractivity contribution in [2.24, 2.45) is 5.92 Å². The summed E-state index contributed by atoms with van der Waals surface area (Å²) in [7, 11) is 1.43. The van der Waals surface area contributed by atoms with E-state index in [1.807, 2.05) is 6.08 Å². The molecular weight excluding hydrogens is 270 g/mol. The number of carbonyl (C=O) groups is 2. The summed E-state index contributed by atoms with van der Waals surface area (Å²) in [6.45, 7) is 0.323. The van der Waals surface area contributed by atoms with Crippen molar-refractivity contribution in [1.82, 2.24) is 5.32 Å². The Kier molecular flexibility index (Phi) is 4.98. The molecular formula is C16H19NO4. The Balaban J connectivity index is 1.99. The summed E-state index contributed by atoms with van der Waals surface area (Å²) in [4.78, 5) is 23.2. The van der Waals surface area contributed by atoms with Gasteiger partial charge in [-0.3, -0.25) is 4.79 Å². The number of amides is 1. The van der Waals surface area contributed by atoms with Crippen LogP contribution in [0.3, 0.4) is 0 Å². The first-order valence-electron chi connectivity index (χ1n) is 6.94. The van der Waals surface area contributed by atoms with Crippen molar-refractivity contribution in [1.29, 1.82) is 0 Å². The Bertz CT molecular complexity index is 565. The second-order valence-electron chi connectivity index (χ2n) is 5.04. The molecule has 1 amide bonds. The van der Waals surface area contributed by atoms with Crippen LogP contribution in [0.1, 0.15) is 35.2 Å². The summed E-state index contributed by atoms with van der Waals surface area (Å²) < 4.78 is 5.01. The molecule has 2 rings (SSSR count). The van der Waals surface area contributed by atoms with Crippen LogP contribution < -0.4 is 10.1 Å². The summed E-state index contributed by atoms with van der Waals surface area (Å²) in [6.07, 6.45) is 6.69. The molecule has 0 fully saturated rings. The molecule has 0 spiro atoms. The van der Waals surface area contributed by atoms with Crippen LogP contribution in [-0.2, 0) is 11.3 Å². The number of hydrogen-bond acceptors (Lipinski definition) is 3. The van der Waals surface area contributed by atoms with E-state index < -0.39 is 5.97 Å². The van der Waals surface area contributed by atoms with Crippen LogP contribution in [0.5, 0.6) is 5.75 Å². The highest BCUT2D eigenvalue weighted by Gasteiger charge is 2.18. The maximum absolute atomic E-state index is 12.0. The van der Waals surface area contributed by atoms with Crippen molar-refractivity contribution in [2.75, 3.05) is 7.11 Å². The first-order valence-corrected chi connectivity index (χ1v) is 6.94. The summed E-state index contributed by atoms with van der Waals surface area (Å²) in [5.74, 6) is -0.688. The molecule has 0 radical (unpaired) electrons. The van der Waals surface area contributed by atoms with Crippen molar-refractivity contribution in [3.05, 3.63) is 41.5 Å². The van der Waals surface area contributed by atoms with Gasteiger partial charge in [-0.2, -0.15) is 0 Å². The molecule has 0 bridgehead atoms. The summed E-state index contributed by atoms with van der Waals surface area (Å²) in [5.41, 5.74) is 0.845. The predicted octanol–water partition coefficient (Wildman–Crippen LogP) is 2.37. The number of hydrogen-bond donors (Lipinski definition) is 2. The number of carboxylic acid groups (broad SMARTS) is 1. The maximum atomic E-state index is 12.0. The van der Waals surface area contributed by atoms with Crippen LogP contribution in [-0.4, -0.2) is 24.1 Å². The van der Waals surface area contributed by atoms with Crippen LogP contribution in [0.25, 0.3) is 0 Å². The average molecular weight is 289 g/mol. The van der Waals surface area contributed by atoms with Gasteiger partial charge in [-0.15, -0.1) is 0 Å². The van der Waals surface area contributed by atoms with E-state index in [2.05, 4.69) is 11.4 Å². The molecule has 2 N–H and O–H groups in total. The fourth-order valence-corrected chi connectivity index (χ4v) is 2.40. The van der Waals surface area contributed by atoms with E-state index in [1.54, 1.807) is 12.1 Å². The molecule has 1 aliphatic carbocycles. The van der Waals surface area contributed by atoms with E-state index in [9.17, 15) is 9.59 Å². The third kappa shape index (κ3) is 3.84. The molecule has 5 nitrogen and oxygen atoms in total. The van der Waals surface area contributed by atoms with Crippen LogP contribution in [0, 0.1) is 5.92 Å². The lowest BCUT2D eigenvalue weighted by Gasteiger charge is -2.17. The van der Waals surface area contributed by atoms with Crippen molar-refractivity contribution in [3.8, 4) is 5.75 Å². The van der Waals surface area contributed by atoms with E-state index >= 15 is 0 Å². The molecule has 21 heavy (non-hydrogen) atoms. The smallest absolute Gasteiger partial charge is 0.339 e. The fraction of sp³-hybridized carbons (Fsp3) is 0.375. The lowest BCUT2D eigenvalue weighted by Crippen LogP contribution is -2.30. The molecule has 1 aromatic carbocycles. The largest absolute Gasteiger partial charge is 0.496 e. The minimum atomic E-state index is -1.04. The highest BCUT2D eigenvalue weighted by molar-refractivity contribution is 5.91. The number of nitrogens with one attached hydrogen (secondary N) is 1. The third-order valence-electron chi connectivity index (χ3n) is 3.60. The monoisotopic (exact) mass is 289 g/mol. The highest BCUT2D eigenvalue weighted by Crippen LogP contribution is 2.21. The van der Waals surface area contributed by atoms with Gasteiger partial charge in [-0.25, -0.2) is 4.79 Å². The SMILES string of the molecule is COc1ccc(CNC(=O)[C@H]2CC=CCC2)cc1C(=O)O. The summed E-state index contributed by atoms with van der Waals surface area (Å²) in [5, 5.41) is 12.0. The normalized spacial score (nSPS) is 17.3. The molecule has 1 aromatic rings. The molecule has 0 heterocycles. The predicted molar refractivity (Wildman–Crippen MR) is 78.3 cm³/mol. The van der Waals surface area contributed by atoms with Gasteiger partial charge in [0.25, 0.3) is 0 Å². The Morgan fingerprint density at radius 1 is 1.38 bits per heavy atom. The number of benzene rings is 1. The van der Waals surface area contributed by atoms with Crippen LogP contribution in [0.2, 0.25) is 0 Å². The molecule has 0 saturated carbocycles.